The van der Waals surface area contributed by atoms with Crippen LogP contribution in [-0.4, -0.2) is 22.2 Å². The number of hydrogen-bond acceptors (Lipinski definition) is 2. The quantitative estimate of drug-likeness (QED) is 0.689. The van der Waals surface area contributed by atoms with Crippen molar-refractivity contribution in [3.8, 4) is 0 Å². The molecule has 1 radical (unpaired) electrons. The first-order valence-corrected chi connectivity index (χ1v) is 7.17. The highest BCUT2D eigenvalue weighted by molar-refractivity contribution is 5.12. The van der Waals surface area contributed by atoms with Gasteiger partial charge in [-0.25, -0.2) is 0 Å². The van der Waals surface area contributed by atoms with Crippen LogP contribution in [0.25, 0.3) is 0 Å². The molecule has 0 spiro atoms. The maximum Gasteiger partial charge on any atom is 0.0583 e. The van der Waals surface area contributed by atoms with E-state index < -0.39 is 11.1 Å². The van der Waals surface area contributed by atoms with Crippen LogP contribution in [-0.2, 0) is 5.21 Å². The van der Waals surface area contributed by atoms with Crippen LogP contribution in [0.15, 0.2) is 50.6 Å². The molecule has 20 heavy (non-hydrogen) atoms. The minimum atomic E-state index is -0.535. The van der Waals surface area contributed by atoms with Crippen molar-refractivity contribution in [1.82, 2.24) is 5.06 Å². The molecule has 0 aromatic heterocycles. The molecule has 0 aromatic rings. The normalized spacial score (nSPS) is 22.1. The lowest BCUT2D eigenvalue weighted by atomic mass is 9.70. The molecule has 0 aromatic carbocycles. The van der Waals surface area contributed by atoms with Crippen molar-refractivity contribution in [3.05, 3.63) is 50.6 Å². The molecule has 0 amide bonds. The summed E-state index contributed by atoms with van der Waals surface area (Å²) in [7, 11) is 0. The Kier molecular flexibility index (Phi) is 5.93. The van der Waals surface area contributed by atoms with Crippen molar-refractivity contribution in [1.29, 1.82) is 0 Å². The maximum atomic E-state index is 13.1. The lowest BCUT2D eigenvalue weighted by Crippen LogP contribution is -2.65. The van der Waals surface area contributed by atoms with E-state index in [0.29, 0.717) is 38.5 Å². The second kappa shape index (κ2) is 7.02. The van der Waals surface area contributed by atoms with Crippen LogP contribution in [0.1, 0.15) is 38.5 Å². The molecule has 0 aliphatic carbocycles. The first-order chi connectivity index (χ1) is 9.50. The third-order valence-electron chi connectivity index (χ3n) is 4.24. The molecule has 1 saturated heterocycles. The number of hydroxylamine groups is 2. The Morgan fingerprint density at radius 1 is 0.900 bits per heavy atom. The van der Waals surface area contributed by atoms with Gasteiger partial charge in [0.15, 0.2) is 0 Å². The standard InChI is InChI=1S/C17H27N2O/c1-5-9-16(10-6-2)13-15(18)14-17(11-7-3,12-8-4)19(16)20/h5-8,15H,1-4,9-14,18H2. The third kappa shape index (κ3) is 3.11. The predicted octanol–water partition coefficient (Wildman–Crippen LogP) is 3.54. The van der Waals surface area contributed by atoms with Gasteiger partial charge in [0, 0.05) is 6.04 Å². The number of piperidine rings is 1. The van der Waals surface area contributed by atoms with Crippen molar-refractivity contribution in [2.24, 2.45) is 5.73 Å². The monoisotopic (exact) mass is 275 g/mol. The Balaban J connectivity index is 3.24. The van der Waals surface area contributed by atoms with Gasteiger partial charge in [-0.05, 0) is 38.5 Å². The van der Waals surface area contributed by atoms with E-state index in [2.05, 4.69) is 26.3 Å². The molecule has 1 aliphatic rings. The average molecular weight is 275 g/mol. The van der Waals surface area contributed by atoms with Crippen LogP contribution in [0, 0.1) is 0 Å². The fraction of sp³-hybridized carbons (Fsp3) is 0.529. The number of rotatable bonds is 8. The minimum absolute atomic E-state index is 0.000000000000000222. The van der Waals surface area contributed by atoms with Crippen LogP contribution in [0.2, 0.25) is 0 Å². The third-order valence-corrected chi connectivity index (χ3v) is 4.24. The minimum Gasteiger partial charge on any atom is -0.328 e. The Bertz CT molecular complexity index is 321. The number of nitrogens with zero attached hydrogens (tertiary/aromatic N) is 1. The predicted molar refractivity (Wildman–Crippen MR) is 84.5 cm³/mol. The zero-order chi connectivity index (χ0) is 15.2. The molecule has 1 aliphatic heterocycles. The van der Waals surface area contributed by atoms with Gasteiger partial charge in [-0.15, -0.1) is 36.6 Å². The van der Waals surface area contributed by atoms with Crippen LogP contribution < -0.4 is 5.73 Å². The summed E-state index contributed by atoms with van der Waals surface area (Å²) in [5.74, 6) is 0. The molecular formula is C17H27N2O. The highest BCUT2D eigenvalue weighted by Gasteiger charge is 2.52. The van der Waals surface area contributed by atoms with E-state index in [-0.39, 0.29) is 6.04 Å². The van der Waals surface area contributed by atoms with Gasteiger partial charge >= 0.3 is 0 Å². The Morgan fingerprint density at radius 2 is 1.20 bits per heavy atom. The largest absolute Gasteiger partial charge is 0.328 e. The molecule has 3 heteroatoms. The molecular weight excluding hydrogens is 248 g/mol. The van der Waals surface area contributed by atoms with Crippen LogP contribution >= 0.6 is 0 Å². The van der Waals surface area contributed by atoms with E-state index in [0.717, 1.165) is 0 Å². The Morgan fingerprint density at radius 3 is 1.45 bits per heavy atom. The van der Waals surface area contributed by atoms with Gasteiger partial charge in [-0.1, -0.05) is 24.3 Å². The molecule has 0 bridgehead atoms. The first-order valence-electron chi connectivity index (χ1n) is 7.17. The van der Waals surface area contributed by atoms with Gasteiger partial charge in [0.05, 0.1) is 11.1 Å². The highest BCUT2D eigenvalue weighted by atomic mass is 16.5. The summed E-state index contributed by atoms with van der Waals surface area (Å²) in [5, 5.41) is 14.4. The Labute approximate surface area is 123 Å². The zero-order valence-electron chi connectivity index (χ0n) is 12.4. The molecule has 0 unspecified atom stereocenters. The SMILES string of the molecule is C=CCC1(CC=C)CC(N)CC(CC=C)(CC=C)N1[O]. The van der Waals surface area contributed by atoms with Crippen molar-refractivity contribution in [2.45, 2.75) is 55.6 Å². The topological polar surface area (TPSA) is 49.2 Å². The summed E-state index contributed by atoms with van der Waals surface area (Å²) in [5.41, 5.74) is 5.20. The lowest BCUT2D eigenvalue weighted by molar-refractivity contribution is -0.304. The smallest absolute Gasteiger partial charge is 0.0583 e. The Hall–Kier alpha value is -1.16. The summed E-state index contributed by atoms with van der Waals surface area (Å²) in [6.45, 7) is 15.2. The van der Waals surface area contributed by atoms with E-state index in [9.17, 15) is 5.21 Å². The van der Waals surface area contributed by atoms with Gasteiger partial charge in [-0.2, -0.15) is 0 Å². The molecule has 0 saturated carbocycles. The summed E-state index contributed by atoms with van der Waals surface area (Å²) in [6.07, 6.45) is 11.0. The fourth-order valence-corrected chi connectivity index (χ4v) is 3.62. The average Bonchev–Trinajstić information content (AvgIpc) is 2.37. The van der Waals surface area contributed by atoms with E-state index in [4.69, 9.17) is 5.73 Å². The molecule has 1 heterocycles. The number of nitrogens with two attached hydrogens (primary N) is 1. The molecule has 3 nitrogen and oxygen atoms in total. The summed E-state index contributed by atoms with van der Waals surface area (Å²) >= 11 is 0. The van der Waals surface area contributed by atoms with Gasteiger partial charge in [0.2, 0.25) is 0 Å². The van der Waals surface area contributed by atoms with E-state index in [1.165, 1.54) is 5.06 Å². The fourth-order valence-electron chi connectivity index (χ4n) is 3.62. The van der Waals surface area contributed by atoms with Gasteiger partial charge < -0.3 is 5.73 Å². The molecule has 1 rings (SSSR count). The van der Waals surface area contributed by atoms with Crippen molar-refractivity contribution >= 4 is 0 Å². The molecule has 0 atom stereocenters. The van der Waals surface area contributed by atoms with Gasteiger partial charge in [0.1, 0.15) is 0 Å². The summed E-state index contributed by atoms with van der Waals surface area (Å²) in [4.78, 5) is 0. The molecule has 111 valence electrons. The second-order valence-electron chi connectivity index (χ2n) is 5.88. The zero-order valence-corrected chi connectivity index (χ0v) is 12.4. The van der Waals surface area contributed by atoms with Gasteiger partial charge in [-0.3, -0.25) is 0 Å². The highest BCUT2D eigenvalue weighted by Crippen LogP contribution is 2.45. The number of hydrogen-bond donors (Lipinski definition) is 1. The van der Waals surface area contributed by atoms with E-state index >= 15 is 0 Å². The van der Waals surface area contributed by atoms with Crippen molar-refractivity contribution < 1.29 is 5.21 Å². The lowest BCUT2D eigenvalue weighted by Gasteiger charge is -2.54. The summed E-state index contributed by atoms with van der Waals surface area (Å²) in [6, 6.07) is -0.000000000000000222. The van der Waals surface area contributed by atoms with E-state index in [1.54, 1.807) is 24.3 Å². The summed E-state index contributed by atoms with van der Waals surface area (Å²) < 4.78 is 0. The second-order valence-corrected chi connectivity index (χ2v) is 5.88. The van der Waals surface area contributed by atoms with Gasteiger partial charge in [0.25, 0.3) is 0 Å². The van der Waals surface area contributed by atoms with Crippen molar-refractivity contribution in [2.75, 3.05) is 0 Å². The van der Waals surface area contributed by atoms with Crippen molar-refractivity contribution in [3.63, 3.8) is 0 Å². The molecule has 2 N–H and O–H groups in total. The van der Waals surface area contributed by atoms with Crippen LogP contribution in [0.5, 0.6) is 0 Å². The van der Waals surface area contributed by atoms with Crippen LogP contribution in [0.4, 0.5) is 0 Å². The van der Waals surface area contributed by atoms with E-state index in [1.807, 2.05) is 0 Å². The van der Waals surface area contributed by atoms with Crippen LogP contribution in [0.3, 0.4) is 0 Å². The first kappa shape index (κ1) is 16.9. The maximum absolute atomic E-state index is 13.1. The molecule has 1 fully saturated rings.